The minimum Gasteiger partial charge on any atom is -0.494 e. The lowest BCUT2D eigenvalue weighted by Gasteiger charge is -2.15. The number of ether oxygens (including phenoxy) is 3. The number of nitrogens with one attached hydrogen (secondary N) is 2. The van der Waals surface area contributed by atoms with Crippen molar-refractivity contribution in [2.45, 2.75) is 20.3 Å². The topological polar surface area (TPSA) is 89.9 Å². The molecule has 1 aliphatic carbocycles. The summed E-state index contributed by atoms with van der Waals surface area (Å²) in [6.07, 6.45) is 0.720. The molecule has 2 aromatic carbocycles. The summed E-state index contributed by atoms with van der Waals surface area (Å²) in [6, 6.07) is 11.8. The zero-order chi connectivity index (χ0) is 25.7. The minimum atomic E-state index is -0.165. The van der Waals surface area contributed by atoms with Crippen molar-refractivity contribution >= 4 is 17.4 Å². The summed E-state index contributed by atoms with van der Waals surface area (Å²) in [5.74, 6) is 2.63. The van der Waals surface area contributed by atoms with Crippen molar-refractivity contribution in [1.82, 2.24) is 20.0 Å². The fourth-order valence-corrected chi connectivity index (χ4v) is 4.29. The molecule has 1 aliphatic rings. The molecule has 0 saturated carbocycles. The smallest absolute Gasteiger partial charge is 0.257 e. The lowest BCUT2D eigenvalue weighted by Crippen LogP contribution is -2.34. The van der Waals surface area contributed by atoms with Crippen LogP contribution in [0, 0.1) is 0 Å². The van der Waals surface area contributed by atoms with Crippen LogP contribution in [-0.4, -0.2) is 67.6 Å². The Bertz CT molecular complexity index is 1220. The second kappa shape index (κ2) is 11.3. The van der Waals surface area contributed by atoms with Crippen molar-refractivity contribution in [3.05, 3.63) is 47.5 Å². The number of fused-ring (bicyclic) bond motifs is 3. The Balaban J connectivity index is 1.55. The van der Waals surface area contributed by atoms with E-state index in [4.69, 9.17) is 19.3 Å². The normalized spacial score (nSPS) is 11.7. The number of aryl methyl sites for hydroxylation is 1. The number of anilines is 2. The van der Waals surface area contributed by atoms with Crippen LogP contribution in [0.2, 0.25) is 0 Å². The van der Waals surface area contributed by atoms with Gasteiger partial charge in [0, 0.05) is 49.4 Å². The number of nitrogens with zero attached hydrogens (tertiary/aromatic N) is 3. The van der Waals surface area contributed by atoms with Crippen LogP contribution in [0.3, 0.4) is 0 Å². The predicted octanol–water partition coefficient (Wildman–Crippen LogP) is 3.59. The number of carbonyl (C=O) groups excluding carboxylic acids is 1. The number of rotatable bonds is 12. The Labute approximate surface area is 212 Å². The third-order valence-corrected chi connectivity index (χ3v) is 5.88. The van der Waals surface area contributed by atoms with E-state index in [1.54, 1.807) is 0 Å². The lowest BCUT2D eigenvalue weighted by molar-refractivity contribution is -0.123. The highest BCUT2D eigenvalue weighted by Gasteiger charge is 2.29. The Morgan fingerprint density at radius 2 is 1.86 bits per heavy atom. The van der Waals surface area contributed by atoms with Gasteiger partial charge in [-0.15, -0.1) is 0 Å². The Morgan fingerprint density at radius 3 is 2.61 bits per heavy atom. The van der Waals surface area contributed by atoms with Crippen LogP contribution in [-0.2, 0) is 18.3 Å². The lowest BCUT2D eigenvalue weighted by atomic mass is 10.1. The van der Waals surface area contributed by atoms with E-state index in [9.17, 15) is 4.79 Å². The van der Waals surface area contributed by atoms with Gasteiger partial charge < -0.3 is 29.7 Å². The first-order valence-electron chi connectivity index (χ1n) is 12.3. The zero-order valence-corrected chi connectivity index (χ0v) is 21.7. The third-order valence-electron chi connectivity index (χ3n) is 5.88. The number of carbonyl (C=O) groups is 1. The molecule has 1 heterocycles. The molecule has 192 valence electrons. The number of aromatic nitrogens is 2. The van der Waals surface area contributed by atoms with Gasteiger partial charge in [-0.25, -0.2) is 0 Å². The van der Waals surface area contributed by atoms with Gasteiger partial charge >= 0.3 is 0 Å². The van der Waals surface area contributed by atoms with Crippen molar-refractivity contribution in [2.24, 2.45) is 7.05 Å². The number of hydrogen-bond donors (Lipinski definition) is 2. The van der Waals surface area contributed by atoms with Crippen LogP contribution in [0.1, 0.15) is 25.0 Å². The van der Waals surface area contributed by atoms with E-state index in [1.165, 1.54) is 0 Å². The molecule has 36 heavy (non-hydrogen) atoms. The first kappa shape index (κ1) is 25.4. The van der Waals surface area contributed by atoms with E-state index in [0.29, 0.717) is 31.3 Å². The van der Waals surface area contributed by atoms with Crippen molar-refractivity contribution in [3.63, 3.8) is 0 Å². The fourth-order valence-electron chi connectivity index (χ4n) is 4.29. The maximum Gasteiger partial charge on any atom is 0.257 e. The summed E-state index contributed by atoms with van der Waals surface area (Å²) < 4.78 is 19.3. The third kappa shape index (κ3) is 5.73. The van der Waals surface area contributed by atoms with E-state index in [-0.39, 0.29) is 12.5 Å². The molecule has 0 spiro atoms. The molecule has 0 bridgehead atoms. The second-order valence-corrected chi connectivity index (χ2v) is 8.89. The molecule has 1 aromatic heterocycles. The molecule has 9 heteroatoms. The molecule has 0 saturated heterocycles. The van der Waals surface area contributed by atoms with Crippen molar-refractivity contribution in [2.75, 3.05) is 52.3 Å². The molecule has 3 aromatic rings. The number of hydrogen-bond acceptors (Lipinski definition) is 7. The molecule has 1 amide bonds. The first-order valence-corrected chi connectivity index (χ1v) is 12.3. The van der Waals surface area contributed by atoms with E-state index in [2.05, 4.69) is 10.6 Å². The van der Waals surface area contributed by atoms with Crippen LogP contribution in [0.5, 0.6) is 17.2 Å². The SMILES string of the molecule is CCOc1cccc(Nc2nn(C)c3c2Cc2cc(OCC)c(OCC(=O)NCCN(C)C)cc2-3)c1. The van der Waals surface area contributed by atoms with Gasteiger partial charge in [-0.05, 0) is 57.8 Å². The quantitative estimate of drug-likeness (QED) is 0.312. The molecule has 0 atom stereocenters. The molecule has 0 fully saturated rings. The monoisotopic (exact) mass is 493 g/mol. The van der Waals surface area contributed by atoms with Crippen LogP contribution in [0.4, 0.5) is 11.5 Å². The summed E-state index contributed by atoms with van der Waals surface area (Å²) in [5.41, 5.74) is 5.21. The zero-order valence-electron chi connectivity index (χ0n) is 21.7. The standard InChI is InChI=1S/C27H35N5O4/c1-6-34-20-10-8-9-19(15-20)29-27-22-13-18-14-23(35-7-2)24(16-21(18)26(22)32(5)30-27)36-17-25(33)28-11-12-31(3)4/h8-10,14-16H,6-7,11-13,17H2,1-5H3,(H,28,33)(H,29,30). The summed E-state index contributed by atoms with van der Waals surface area (Å²) in [5, 5.41) is 11.1. The van der Waals surface area contributed by atoms with Crippen molar-refractivity contribution in [3.8, 4) is 28.5 Å². The van der Waals surface area contributed by atoms with Gasteiger partial charge in [0.1, 0.15) is 5.75 Å². The van der Waals surface area contributed by atoms with Gasteiger partial charge in [-0.2, -0.15) is 5.10 Å². The highest BCUT2D eigenvalue weighted by molar-refractivity contribution is 5.82. The average molecular weight is 494 g/mol. The van der Waals surface area contributed by atoms with Gasteiger partial charge in [0.2, 0.25) is 0 Å². The largest absolute Gasteiger partial charge is 0.494 e. The second-order valence-electron chi connectivity index (χ2n) is 8.89. The Kier molecular flexibility index (Phi) is 8.00. The first-order chi connectivity index (χ1) is 17.4. The summed E-state index contributed by atoms with van der Waals surface area (Å²) in [4.78, 5) is 14.3. The molecular formula is C27H35N5O4. The molecule has 9 nitrogen and oxygen atoms in total. The number of benzene rings is 2. The molecule has 0 aliphatic heterocycles. The molecule has 0 unspecified atom stereocenters. The fraction of sp³-hybridized carbons (Fsp3) is 0.407. The van der Waals surface area contributed by atoms with Gasteiger partial charge in [0.05, 0.1) is 18.9 Å². The van der Waals surface area contributed by atoms with Gasteiger partial charge in [-0.1, -0.05) is 6.07 Å². The van der Waals surface area contributed by atoms with Crippen molar-refractivity contribution < 1.29 is 19.0 Å². The Hall–Kier alpha value is -3.72. The maximum absolute atomic E-state index is 12.3. The van der Waals surface area contributed by atoms with Crippen LogP contribution in [0.15, 0.2) is 36.4 Å². The molecule has 2 N–H and O–H groups in total. The van der Waals surface area contributed by atoms with Gasteiger partial charge in [-0.3, -0.25) is 9.48 Å². The predicted molar refractivity (Wildman–Crippen MR) is 141 cm³/mol. The molecule has 0 radical (unpaired) electrons. The summed E-state index contributed by atoms with van der Waals surface area (Å²) in [6.45, 7) is 6.28. The van der Waals surface area contributed by atoms with Gasteiger partial charge in [0.15, 0.2) is 23.9 Å². The highest BCUT2D eigenvalue weighted by Crippen LogP contribution is 2.45. The average Bonchev–Trinajstić information content (AvgIpc) is 3.35. The highest BCUT2D eigenvalue weighted by atomic mass is 16.5. The number of amides is 1. The van der Waals surface area contributed by atoms with E-state index < -0.39 is 0 Å². The number of likely N-dealkylation sites (N-methyl/N-ethyl adjacent to an activating group) is 1. The Morgan fingerprint density at radius 1 is 1.08 bits per heavy atom. The van der Waals surface area contributed by atoms with Gasteiger partial charge in [0.25, 0.3) is 5.91 Å². The van der Waals surface area contributed by atoms with Crippen LogP contribution >= 0.6 is 0 Å². The van der Waals surface area contributed by atoms with Crippen LogP contribution in [0.25, 0.3) is 11.3 Å². The molecule has 4 rings (SSSR count). The van der Waals surface area contributed by atoms with E-state index in [0.717, 1.165) is 52.6 Å². The summed E-state index contributed by atoms with van der Waals surface area (Å²) in [7, 11) is 5.87. The van der Waals surface area contributed by atoms with E-state index >= 15 is 0 Å². The minimum absolute atomic E-state index is 0.0759. The van der Waals surface area contributed by atoms with Crippen LogP contribution < -0.4 is 24.8 Å². The van der Waals surface area contributed by atoms with E-state index in [1.807, 2.05) is 81.0 Å². The van der Waals surface area contributed by atoms with Crippen molar-refractivity contribution in [1.29, 1.82) is 0 Å². The molecular weight excluding hydrogens is 458 g/mol. The summed E-state index contributed by atoms with van der Waals surface area (Å²) >= 11 is 0. The maximum atomic E-state index is 12.3.